The van der Waals surface area contributed by atoms with E-state index in [2.05, 4.69) is 25.8 Å². The van der Waals surface area contributed by atoms with Gasteiger partial charge in [0, 0.05) is 16.4 Å². The highest BCUT2D eigenvalue weighted by atomic mass is 79.9. The molecule has 0 aliphatic carbocycles. The average molecular weight is 397 g/mol. The van der Waals surface area contributed by atoms with E-state index in [1.807, 2.05) is 18.2 Å². The Morgan fingerprint density at radius 3 is 2.87 bits per heavy atom. The van der Waals surface area contributed by atoms with Crippen molar-refractivity contribution in [3.63, 3.8) is 0 Å². The number of nitrogens with zero attached hydrogens (tertiary/aromatic N) is 2. The van der Waals surface area contributed by atoms with Gasteiger partial charge in [-0.15, -0.1) is 11.3 Å². The van der Waals surface area contributed by atoms with Gasteiger partial charge < -0.3 is 9.84 Å². The lowest BCUT2D eigenvalue weighted by molar-refractivity contribution is 0.0691. The highest BCUT2D eigenvalue weighted by Crippen LogP contribution is 2.34. The third kappa shape index (κ3) is 4.10. The minimum Gasteiger partial charge on any atom is -0.492 e. The average Bonchev–Trinajstić information content (AvgIpc) is 3.19. The number of aromatic nitrogens is 1. The molecule has 1 aromatic heterocycles. The molecule has 1 saturated heterocycles. The largest absolute Gasteiger partial charge is 0.492 e. The van der Waals surface area contributed by atoms with Crippen LogP contribution < -0.4 is 4.74 Å². The van der Waals surface area contributed by atoms with E-state index < -0.39 is 5.97 Å². The van der Waals surface area contributed by atoms with Crippen LogP contribution in [0.5, 0.6) is 5.75 Å². The molecule has 1 N–H and O–H groups in total. The second-order valence-electron chi connectivity index (χ2n) is 5.38. The third-order valence-electron chi connectivity index (χ3n) is 3.76. The van der Waals surface area contributed by atoms with Gasteiger partial charge in [-0.25, -0.2) is 9.78 Å². The zero-order valence-corrected chi connectivity index (χ0v) is 14.9. The van der Waals surface area contributed by atoms with Crippen molar-refractivity contribution in [1.29, 1.82) is 0 Å². The summed E-state index contributed by atoms with van der Waals surface area (Å²) in [5.74, 6) is -0.280. The zero-order chi connectivity index (χ0) is 16.2. The van der Waals surface area contributed by atoms with Crippen molar-refractivity contribution in [2.75, 3.05) is 26.2 Å². The first kappa shape index (κ1) is 16.4. The number of aromatic carboxylic acids is 1. The van der Waals surface area contributed by atoms with E-state index in [0.29, 0.717) is 11.6 Å². The Morgan fingerprint density at radius 2 is 2.17 bits per heavy atom. The molecule has 5 nitrogen and oxygen atoms in total. The molecule has 2 aromatic rings. The Kier molecular flexibility index (Phi) is 5.30. The van der Waals surface area contributed by atoms with Crippen LogP contribution in [0.3, 0.4) is 0 Å². The number of halogens is 1. The Balaban J connectivity index is 1.75. The lowest BCUT2D eigenvalue weighted by atomic mass is 10.2. The van der Waals surface area contributed by atoms with Gasteiger partial charge in [0.05, 0.1) is 5.56 Å². The Morgan fingerprint density at radius 1 is 1.39 bits per heavy atom. The first-order chi connectivity index (χ1) is 11.1. The molecule has 0 amide bonds. The smallest absolute Gasteiger partial charge is 0.355 e. The van der Waals surface area contributed by atoms with Crippen LogP contribution in [0.2, 0.25) is 0 Å². The molecule has 0 atom stereocenters. The summed E-state index contributed by atoms with van der Waals surface area (Å²) < 4.78 is 6.84. The summed E-state index contributed by atoms with van der Waals surface area (Å²) >= 11 is 4.76. The fraction of sp³-hybridized carbons (Fsp3) is 0.375. The normalized spacial score (nSPS) is 15.0. The standard InChI is InChI=1S/C16H17BrN2O3S/c17-11-3-4-14(22-8-7-19-5-1-2-6-19)12(9-11)15-18-13(10-23-15)16(20)21/h3-4,9-10H,1-2,5-8H2,(H,20,21). The van der Waals surface area contributed by atoms with Gasteiger partial charge in [-0.3, -0.25) is 4.90 Å². The maximum Gasteiger partial charge on any atom is 0.355 e. The minimum absolute atomic E-state index is 0.0630. The summed E-state index contributed by atoms with van der Waals surface area (Å²) in [5.41, 5.74) is 0.881. The molecule has 0 radical (unpaired) electrons. The summed E-state index contributed by atoms with van der Waals surface area (Å²) in [6.45, 7) is 3.82. The molecule has 1 fully saturated rings. The van der Waals surface area contributed by atoms with Crippen molar-refractivity contribution in [1.82, 2.24) is 9.88 Å². The quantitative estimate of drug-likeness (QED) is 0.805. The molecule has 1 aliphatic heterocycles. The van der Waals surface area contributed by atoms with Crippen LogP contribution in [0, 0.1) is 0 Å². The summed E-state index contributed by atoms with van der Waals surface area (Å²) in [6, 6.07) is 5.72. The molecule has 0 bridgehead atoms. The van der Waals surface area contributed by atoms with Crippen LogP contribution in [0.1, 0.15) is 23.3 Å². The van der Waals surface area contributed by atoms with Crippen LogP contribution in [-0.2, 0) is 0 Å². The van der Waals surface area contributed by atoms with Gasteiger partial charge >= 0.3 is 5.97 Å². The first-order valence-electron chi connectivity index (χ1n) is 7.47. The number of carboxylic acids is 1. The van der Waals surface area contributed by atoms with E-state index in [1.165, 1.54) is 24.2 Å². The van der Waals surface area contributed by atoms with E-state index in [-0.39, 0.29) is 5.69 Å². The van der Waals surface area contributed by atoms with Gasteiger partial charge in [-0.1, -0.05) is 15.9 Å². The Labute approximate surface area is 147 Å². The van der Waals surface area contributed by atoms with Crippen molar-refractivity contribution in [3.05, 3.63) is 33.7 Å². The highest BCUT2D eigenvalue weighted by molar-refractivity contribution is 9.10. The van der Waals surface area contributed by atoms with Gasteiger partial charge in [0.1, 0.15) is 17.4 Å². The van der Waals surface area contributed by atoms with Gasteiger partial charge in [-0.2, -0.15) is 0 Å². The van der Waals surface area contributed by atoms with Gasteiger partial charge in [-0.05, 0) is 44.1 Å². The molecule has 0 spiro atoms. The van der Waals surface area contributed by atoms with Crippen LogP contribution in [0.15, 0.2) is 28.1 Å². The second kappa shape index (κ2) is 7.42. The van der Waals surface area contributed by atoms with Gasteiger partial charge in [0.2, 0.25) is 0 Å². The molecular formula is C16H17BrN2O3S. The molecule has 3 rings (SSSR count). The van der Waals surface area contributed by atoms with E-state index in [0.717, 1.165) is 35.4 Å². The fourth-order valence-electron chi connectivity index (χ4n) is 2.58. The van der Waals surface area contributed by atoms with Gasteiger partial charge in [0.25, 0.3) is 0 Å². The molecule has 0 saturated carbocycles. The number of likely N-dealkylation sites (tertiary alicyclic amines) is 1. The maximum atomic E-state index is 11.0. The molecular weight excluding hydrogens is 380 g/mol. The van der Waals surface area contributed by atoms with Crippen molar-refractivity contribution >= 4 is 33.2 Å². The number of thiazole rings is 1. The van der Waals surface area contributed by atoms with Gasteiger partial charge in [0.15, 0.2) is 5.69 Å². The monoisotopic (exact) mass is 396 g/mol. The number of hydrogen-bond acceptors (Lipinski definition) is 5. The number of ether oxygens (including phenoxy) is 1. The van der Waals surface area contributed by atoms with Crippen LogP contribution in [0.25, 0.3) is 10.6 Å². The maximum absolute atomic E-state index is 11.0. The molecule has 1 aliphatic rings. The van der Waals surface area contributed by atoms with E-state index in [1.54, 1.807) is 5.38 Å². The predicted molar refractivity (Wildman–Crippen MR) is 93.4 cm³/mol. The van der Waals surface area contributed by atoms with E-state index >= 15 is 0 Å². The number of carboxylic acid groups (broad SMARTS) is 1. The highest BCUT2D eigenvalue weighted by Gasteiger charge is 2.15. The summed E-state index contributed by atoms with van der Waals surface area (Å²) in [7, 11) is 0. The molecule has 122 valence electrons. The van der Waals surface area contributed by atoms with E-state index in [9.17, 15) is 4.79 Å². The molecule has 1 aromatic carbocycles. The van der Waals surface area contributed by atoms with Crippen LogP contribution >= 0.6 is 27.3 Å². The lowest BCUT2D eigenvalue weighted by Gasteiger charge is -2.16. The number of carbonyl (C=O) groups is 1. The van der Waals surface area contributed by atoms with Crippen molar-refractivity contribution in [2.24, 2.45) is 0 Å². The first-order valence-corrected chi connectivity index (χ1v) is 9.14. The summed E-state index contributed by atoms with van der Waals surface area (Å²) in [6.07, 6.45) is 2.53. The topological polar surface area (TPSA) is 62.7 Å². The third-order valence-corrected chi connectivity index (χ3v) is 5.13. The van der Waals surface area contributed by atoms with Crippen LogP contribution in [0.4, 0.5) is 0 Å². The molecule has 23 heavy (non-hydrogen) atoms. The second-order valence-corrected chi connectivity index (χ2v) is 7.15. The molecule has 0 unspecified atom stereocenters. The fourth-order valence-corrected chi connectivity index (χ4v) is 3.76. The minimum atomic E-state index is -1.01. The van der Waals surface area contributed by atoms with E-state index in [4.69, 9.17) is 9.84 Å². The van der Waals surface area contributed by atoms with Crippen molar-refractivity contribution in [2.45, 2.75) is 12.8 Å². The Bertz CT molecular complexity index is 698. The number of hydrogen-bond donors (Lipinski definition) is 1. The predicted octanol–water partition coefficient (Wildman–Crippen LogP) is 3.75. The van der Waals surface area contributed by atoms with Crippen LogP contribution in [-0.4, -0.2) is 47.2 Å². The zero-order valence-electron chi connectivity index (χ0n) is 12.5. The van der Waals surface area contributed by atoms with Crippen molar-refractivity contribution < 1.29 is 14.6 Å². The lowest BCUT2D eigenvalue weighted by Crippen LogP contribution is -2.25. The summed E-state index contributed by atoms with van der Waals surface area (Å²) in [4.78, 5) is 17.6. The number of benzene rings is 1. The molecule has 2 heterocycles. The molecule has 7 heteroatoms. The Hall–Kier alpha value is -1.44. The number of rotatable bonds is 6. The SMILES string of the molecule is O=C(O)c1csc(-c2cc(Br)ccc2OCCN2CCCC2)n1. The summed E-state index contributed by atoms with van der Waals surface area (Å²) in [5, 5.41) is 11.2. The van der Waals surface area contributed by atoms with Crippen molar-refractivity contribution in [3.8, 4) is 16.3 Å².